The number of nitrogens with one attached hydrogen (secondary N) is 1. The Bertz CT molecular complexity index is 586. The average molecular weight is 310 g/mol. The zero-order chi connectivity index (χ0) is 15.2. The van der Waals surface area contributed by atoms with E-state index in [1.807, 2.05) is 36.0 Å². The molecule has 0 amide bonds. The summed E-state index contributed by atoms with van der Waals surface area (Å²) in [4.78, 5) is 0. The number of hydrogen-bond acceptors (Lipinski definition) is 4. The molecule has 0 aliphatic heterocycles. The molecule has 21 heavy (non-hydrogen) atoms. The Balaban J connectivity index is 2.38. The number of hydrogen-bond donors (Lipinski definition) is 1. The van der Waals surface area contributed by atoms with Crippen molar-refractivity contribution in [3.8, 4) is 5.75 Å². The van der Waals surface area contributed by atoms with E-state index in [2.05, 4.69) is 10.4 Å². The van der Waals surface area contributed by atoms with E-state index < -0.39 is 0 Å². The number of halogens is 1. The van der Waals surface area contributed by atoms with Crippen LogP contribution >= 0.6 is 11.6 Å². The third-order valence-electron chi connectivity index (χ3n) is 3.33. The highest BCUT2D eigenvalue weighted by atomic mass is 35.5. The molecule has 0 spiro atoms. The van der Waals surface area contributed by atoms with Gasteiger partial charge in [-0.3, -0.25) is 4.68 Å². The minimum Gasteiger partial charge on any atom is -0.497 e. The van der Waals surface area contributed by atoms with Crippen LogP contribution in [0.5, 0.6) is 5.75 Å². The van der Waals surface area contributed by atoms with Crippen molar-refractivity contribution in [3.05, 3.63) is 46.7 Å². The normalized spacial score (nSPS) is 12.4. The molecule has 1 atom stereocenters. The predicted octanol–water partition coefficient (Wildman–Crippen LogP) is 2.50. The second-order valence-electron chi connectivity index (χ2n) is 4.59. The topological polar surface area (TPSA) is 48.3 Å². The summed E-state index contributed by atoms with van der Waals surface area (Å²) in [6.07, 6.45) is 1.66. The summed E-state index contributed by atoms with van der Waals surface area (Å²) >= 11 is 6.33. The van der Waals surface area contributed by atoms with Gasteiger partial charge in [-0.15, -0.1) is 0 Å². The fraction of sp³-hybridized carbons (Fsp3) is 0.400. The quantitative estimate of drug-likeness (QED) is 0.854. The SMILES string of the molecule is CNC(c1cccc(OC)c1)c1c(Cl)cnn1CCOC. The van der Waals surface area contributed by atoms with E-state index in [1.165, 1.54) is 0 Å². The first kappa shape index (κ1) is 15.8. The summed E-state index contributed by atoms with van der Waals surface area (Å²) in [6.45, 7) is 1.24. The molecule has 0 aliphatic carbocycles. The first-order valence-corrected chi connectivity index (χ1v) is 7.10. The monoisotopic (exact) mass is 309 g/mol. The third-order valence-corrected chi connectivity index (χ3v) is 3.62. The van der Waals surface area contributed by atoms with Crippen LogP contribution in [0, 0.1) is 0 Å². The molecule has 6 heteroatoms. The van der Waals surface area contributed by atoms with E-state index in [0.29, 0.717) is 18.2 Å². The molecule has 1 unspecified atom stereocenters. The van der Waals surface area contributed by atoms with Crippen LogP contribution in [0.25, 0.3) is 0 Å². The van der Waals surface area contributed by atoms with Gasteiger partial charge in [0.05, 0.1) is 43.2 Å². The number of ether oxygens (including phenoxy) is 2. The van der Waals surface area contributed by atoms with Gasteiger partial charge in [-0.25, -0.2) is 0 Å². The van der Waals surface area contributed by atoms with Gasteiger partial charge in [0.25, 0.3) is 0 Å². The maximum absolute atomic E-state index is 6.33. The molecule has 0 saturated heterocycles. The lowest BCUT2D eigenvalue weighted by molar-refractivity contribution is 0.182. The summed E-state index contributed by atoms with van der Waals surface area (Å²) < 4.78 is 12.3. The lowest BCUT2D eigenvalue weighted by Crippen LogP contribution is -2.23. The average Bonchev–Trinajstić information content (AvgIpc) is 2.88. The van der Waals surface area contributed by atoms with Gasteiger partial charge >= 0.3 is 0 Å². The third kappa shape index (κ3) is 3.56. The van der Waals surface area contributed by atoms with Crippen LogP contribution in [0.2, 0.25) is 5.02 Å². The molecule has 1 aromatic carbocycles. The van der Waals surface area contributed by atoms with E-state index in [-0.39, 0.29) is 6.04 Å². The Kier molecular flexibility index (Phi) is 5.61. The van der Waals surface area contributed by atoms with Crippen molar-refractivity contribution >= 4 is 11.6 Å². The summed E-state index contributed by atoms with van der Waals surface area (Å²) in [5.74, 6) is 0.812. The van der Waals surface area contributed by atoms with Gasteiger partial charge in [-0.05, 0) is 24.7 Å². The summed E-state index contributed by atoms with van der Waals surface area (Å²) in [5, 5.41) is 8.24. The number of rotatable bonds is 7. The minimum absolute atomic E-state index is 0.0630. The lowest BCUT2D eigenvalue weighted by atomic mass is 10.0. The van der Waals surface area contributed by atoms with Gasteiger partial charge in [0.15, 0.2) is 0 Å². The van der Waals surface area contributed by atoms with Crippen molar-refractivity contribution in [3.63, 3.8) is 0 Å². The van der Waals surface area contributed by atoms with Crippen LogP contribution in [-0.4, -0.2) is 37.7 Å². The fourth-order valence-electron chi connectivity index (χ4n) is 2.30. The Morgan fingerprint density at radius 2 is 2.19 bits per heavy atom. The number of nitrogens with zero attached hydrogens (tertiary/aromatic N) is 2. The van der Waals surface area contributed by atoms with Crippen molar-refractivity contribution < 1.29 is 9.47 Å². The number of methoxy groups -OCH3 is 2. The van der Waals surface area contributed by atoms with Crippen LogP contribution in [-0.2, 0) is 11.3 Å². The van der Waals surface area contributed by atoms with Crippen molar-refractivity contribution in [1.82, 2.24) is 15.1 Å². The molecule has 0 aliphatic rings. The molecule has 1 aromatic heterocycles. The van der Waals surface area contributed by atoms with Crippen LogP contribution in [0.1, 0.15) is 17.3 Å². The molecule has 2 aromatic rings. The maximum Gasteiger partial charge on any atom is 0.119 e. The molecular weight excluding hydrogens is 290 g/mol. The molecule has 5 nitrogen and oxygen atoms in total. The highest BCUT2D eigenvalue weighted by molar-refractivity contribution is 6.31. The molecule has 114 valence electrons. The fourth-order valence-corrected chi connectivity index (χ4v) is 2.55. The molecular formula is C15H20ClN3O2. The highest BCUT2D eigenvalue weighted by Gasteiger charge is 2.21. The standard InChI is InChI=1S/C15H20ClN3O2/c1-17-14(11-5-4-6-12(9-11)21-3)15-13(16)10-18-19(15)7-8-20-2/h4-6,9-10,14,17H,7-8H2,1-3H3. The van der Waals surface area contributed by atoms with Crippen molar-refractivity contribution in [2.75, 3.05) is 27.9 Å². The van der Waals surface area contributed by atoms with Crippen molar-refractivity contribution in [1.29, 1.82) is 0 Å². The lowest BCUT2D eigenvalue weighted by Gasteiger charge is -2.19. The van der Waals surface area contributed by atoms with Crippen LogP contribution in [0.4, 0.5) is 0 Å². The van der Waals surface area contributed by atoms with E-state index in [4.69, 9.17) is 21.1 Å². The summed E-state index contributed by atoms with van der Waals surface area (Å²) in [5.41, 5.74) is 1.99. The van der Waals surface area contributed by atoms with Crippen molar-refractivity contribution in [2.45, 2.75) is 12.6 Å². The Morgan fingerprint density at radius 1 is 1.38 bits per heavy atom. The van der Waals surface area contributed by atoms with Crippen LogP contribution in [0.3, 0.4) is 0 Å². The zero-order valence-corrected chi connectivity index (χ0v) is 13.2. The maximum atomic E-state index is 6.33. The molecule has 0 fully saturated rings. The molecule has 2 rings (SSSR count). The predicted molar refractivity (Wildman–Crippen MR) is 83.0 cm³/mol. The van der Waals surface area contributed by atoms with Gasteiger partial charge < -0.3 is 14.8 Å². The van der Waals surface area contributed by atoms with E-state index in [1.54, 1.807) is 20.4 Å². The molecule has 0 bridgehead atoms. The number of aromatic nitrogens is 2. The van der Waals surface area contributed by atoms with Gasteiger partial charge in [0.1, 0.15) is 5.75 Å². The molecule has 0 radical (unpaired) electrons. The van der Waals surface area contributed by atoms with Crippen LogP contribution < -0.4 is 10.1 Å². The largest absolute Gasteiger partial charge is 0.497 e. The minimum atomic E-state index is -0.0630. The van der Waals surface area contributed by atoms with E-state index in [9.17, 15) is 0 Å². The van der Waals surface area contributed by atoms with Gasteiger partial charge in [-0.2, -0.15) is 5.10 Å². The van der Waals surface area contributed by atoms with E-state index in [0.717, 1.165) is 17.0 Å². The van der Waals surface area contributed by atoms with Gasteiger partial charge in [-0.1, -0.05) is 23.7 Å². The first-order valence-electron chi connectivity index (χ1n) is 6.72. The van der Waals surface area contributed by atoms with Gasteiger partial charge in [0.2, 0.25) is 0 Å². The Labute approximate surface area is 129 Å². The molecule has 1 heterocycles. The first-order chi connectivity index (χ1) is 10.2. The van der Waals surface area contributed by atoms with Crippen LogP contribution in [0.15, 0.2) is 30.5 Å². The molecule has 0 saturated carbocycles. The number of benzene rings is 1. The van der Waals surface area contributed by atoms with Gasteiger partial charge in [0, 0.05) is 7.11 Å². The highest BCUT2D eigenvalue weighted by Crippen LogP contribution is 2.29. The van der Waals surface area contributed by atoms with Crippen molar-refractivity contribution in [2.24, 2.45) is 0 Å². The Hall–Kier alpha value is -1.56. The summed E-state index contributed by atoms with van der Waals surface area (Å²) in [6, 6.07) is 7.84. The Morgan fingerprint density at radius 3 is 2.86 bits per heavy atom. The second kappa shape index (κ2) is 7.45. The second-order valence-corrected chi connectivity index (χ2v) is 5.00. The zero-order valence-electron chi connectivity index (χ0n) is 12.5. The smallest absolute Gasteiger partial charge is 0.119 e. The van der Waals surface area contributed by atoms with E-state index >= 15 is 0 Å². The summed E-state index contributed by atoms with van der Waals surface area (Å²) in [7, 11) is 5.22. The molecule has 1 N–H and O–H groups in total.